The number of benzene rings is 6. The van der Waals surface area contributed by atoms with Crippen LogP contribution in [-0.2, 0) is 5.41 Å². The predicted molar refractivity (Wildman–Crippen MR) is 189 cm³/mol. The summed E-state index contributed by atoms with van der Waals surface area (Å²) in [6.07, 6.45) is 0. The summed E-state index contributed by atoms with van der Waals surface area (Å²) in [5, 5.41) is 0.802. The lowest BCUT2D eigenvalue weighted by molar-refractivity contribution is 0.796. The Morgan fingerprint density at radius 2 is 1.18 bits per heavy atom. The van der Waals surface area contributed by atoms with Crippen LogP contribution in [0.5, 0.6) is 0 Å². The Bertz CT molecular complexity index is 2370. The van der Waals surface area contributed by atoms with Gasteiger partial charge in [0, 0.05) is 25.4 Å². The molecule has 1 aromatic heterocycles. The van der Waals surface area contributed by atoms with Gasteiger partial charge >= 0.3 is 0 Å². The maximum atomic E-state index is 7.47. The van der Waals surface area contributed by atoms with E-state index in [1.54, 1.807) is 0 Å². The molecule has 1 heterocycles. The van der Waals surface area contributed by atoms with Crippen LogP contribution < -0.4 is 0 Å². The molecule has 10 rings (SSSR count). The SMILES string of the molecule is Clc1cc2cc3c1-c1sc(-c4ccccc4)cc1C31c3ccccc3-c3ccc(cc31)-c1cccc(c1)-c1c(Br)cccc1-2. The van der Waals surface area contributed by atoms with Crippen LogP contribution in [0.4, 0.5) is 0 Å². The Hall–Kier alpha value is -4.21. The molecule has 3 heteroatoms. The number of halogens is 2. The minimum absolute atomic E-state index is 0.473. The van der Waals surface area contributed by atoms with E-state index < -0.39 is 5.41 Å². The van der Waals surface area contributed by atoms with E-state index in [0.717, 1.165) is 20.6 Å². The third-order valence-electron chi connectivity index (χ3n) is 9.77. The van der Waals surface area contributed by atoms with Crippen molar-refractivity contribution in [3.05, 3.63) is 165 Å². The zero-order chi connectivity index (χ0) is 29.2. The standard InChI is InChI=1S/C41H22BrClS/c42-35-15-7-13-28-27-20-33-39(36(43)21-27)40-34(22-37(44-40)23-8-2-1-3-9-23)41(33)31-14-5-4-12-29(31)30-17-16-25(19-32(30)41)24-10-6-11-26(18-24)38(28)35/h1-22H. The number of hydrogen-bond acceptors (Lipinski definition) is 1. The van der Waals surface area contributed by atoms with E-state index in [-0.39, 0.29) is 0 Å². The highest BCUT2D eigenvalue weighted by atomic mass is 79.9. The first-order chi connectivity index (χ1) is 21.6. The van der Waals surface area contributed by atoms with Crippen molar-refractivity contribution in [2.45, 2.75) is 5.41 Å². The second kappa shape index (κ2) is 8.92. The summed E-state index contributed by atoms with van der Waals surface area (Å²) in [5.74, 6) is 0. The molecule has 0 saturated carbocycles. The molecule has 1 unspecified atom stereocenters. The van der Waals surface area contributed by atoms with Crippen molar-refractivity contribution in [3.63, 3.8) is 0 Å². The Labute approximate surface area is 273 Å². The van der Waals surface area contributed by atoms with Gasteiger partial charge in [0.25, 0.3) is 0 Å². The molecular weight excluding hydrogens is 640 g/mol. The third kappa shape index (κ3) is 3.13. The second-order valence-electron chi connectivity index (χ2n) is 11.9. The van der Waals surface area contributed by atoms with Gasteiger partial charge in [0.05, 0.1) is 10.4 Å². The summed E-state index contributed by atoms with van der Waals surface area (Å²) in [6, 6.07) is 49.4. The molecule has 0 radical (unpaired) electrons. The highest BCUT2D eigenvalue weighted by Gasteiger charge is 2.53. The number of rotatable bonds is 1. The van der Waals surface area contributed by atoms with Gasteiger partial charge in [0.15, 0.2) is 0 Å². The molecular formula is C41H22BrClS. The first kappa shape index (κ1) is 25.2. The normalized spacial score (nSPS) is 16.0. The van der Waals surface area contributed by atoms with E-state index in [2.05, 4.69) is 149 Å². The summed E-state index contributed by atoms with van der Waals surface area (Å²) < 4.78 is 1.07. The quantitative estimate of drug-likeness (QED) is 0.164. The van der Waals surface area contributed by atoms with E-state index in [9.17, 15) is 0 Å². The summed E-state index contributed by atoms with van der Waals surface area (Å²) in [6.45, 7) is 0. The van der Waals surface area contributed by atoms with E-state index in [1.807, 2.05) is 11.3 Å². The number of thiophene rings is 1. The van der Waals surface area contributed by atoms with Gasteiger partial charge in [-0.25, -0.2) is 0 Å². The zero-order valence-corrected chi connectivity index (χ0v) is 26.5. The van der Waals surface area contributed by atoms with Crippen molar-refractivity contribution in [3.8, 4) is 65.4 Å². The first-order valence-electron chi connectivity index (χ1n) is 14.8. The molecule has 0 aliphatic heterocycles. The molecule has 206 valence electrons. The molecule has 44 heavy (non-hydrogen) atoms. The van der Waals surface area contributed by atoms with Gasteiger partial charge in [-0.15, -0.1) is 11.3 Å². The lowest BCUT2D eigenvalue weighted by atomic mass is 9.70. The molecule has 0 nitrogen and oxygen atoms in total. The van der Waals surface area contributed by atoms with Gasteiger partial charge in [0.2, 0.25) is 0 Å². The largest absolute Gasteiger partial charge is 0.135 e. The molecule has 6 aromatic carbocycles. The lowest BCUT2D eigenvalue weighted by Gasteiger charge is -2.31. The fraction of sp³-hybridized carbons (Fsp3) is 0.0244. The third-order valence-corrected chi connectivity index (χ3v) is 11.9. The molecule has 3 aliphatic rings. The Kier molecular flexibility index (Phi) is 5.10. The van der Waals surface area contributed by atoms with Crippen LogP contribution in [0.25, 0.3) is 65.4 Å². The summed E-state index contributed by atoms with van der Waals surface area (Å²) in [4.78, 5) is 2.54. The lowest BCUT2D eigenvalue weighted by Crippen LogP contribution is -2.25. The van der Waals surface area contributed by atoms with Crippen LogP contribution in [0.1, 0.15) is 22.3 Å². The highest BCUT2D eigenvalue weighted by Crippen LogP contribution is 2.67. The molecule has 0 saturated heterocycles. The zero-order valence-electron chi connectivity index (χ0n) is 23.4. The maximum absolute atomic E-state index is 7.47. The second-order valence-corrected chi connectivity index (χ2v) is 14.2. The van der Waals surface area contributed by atoms with Crippen molar-refractivity contribution in [1.29, 1.82) is 0 Å². The predicted octanol–water partition coefficient (Wildman–Crippen LogP) is 12.5. The van der Waals surface area contributed by atoms with Crippen LogP contribution in [0.15, 0.2) is 138 Å². The number of hydrogen-bond donors (Lipinski definition) is 0. The van der Waals surface area contributed by atoms with E-state index in [0.29, 0.717) is 0 Å². The van der Waals surface area contributed by atoms with Crippen LogP contribution in [0.2, 0.25) is 5.02 Å². The van der Waals surface area contributed by atoms with Gasteiger partial charge in [0.1, 0.15) is 0 Å². The van der Waals surface area contributed by atoms with E-state index in [1.165, 1.54) is 76.5 Å². The molecule has 1 spiro atoms. The Balaban J connectivity index is 1.42. The van der Waals surface area contributed by atoms with Crippen LogP contribution >= 0.6 is 38.9 Å². The van der Waals surface area contributed by atoms with Crippen LogP contribution in [-0.4, -0.2) is 0 Å². The monoisotopic (exact) mass is 660 g/mol. The van der Waals surface area contributed by atoms with Crippen LogP contribution in [0.3, 0.4) is 0 Å². The molecule has 1 atom stereocenters. The average molecular weight is 662 g/mol. The summed E-state index contributed by atoms with van der Waals surface area (Å²) in [5.41, 5.74) is 16.9. The van der Waals surface area contributed by atoms with Gasteiger partial charge in [-0.2, -0.15) is 0 Å². The molecule has 0 N–H and O–H groups in total. The van der Waals surface area contributed by atoms with Crippen molar-refractivity contribution in [2.75, 3.05) is 0 Å². The van der Waals surface area contributed by atoms with Crippen LogP contribution in [0, 0.1) is 0 Å². The van der Waals surface area contributed by atoms with Gasteiger partial charge < -0.3 is 0 Å². The topological polar surface area (TPSA) is 0 Å². The highest BCUT2D eigenvalue weighted by molar-refractivity contribution is 9.10. The van der Waals surface area contributed by atoms with Gasteiger partial charge in [-0.05, 0) is 103 Å². The van der Waals surface area contributed by atoms with Gasteiger partial charge in [-0.1, -0.05) is 125 Å². The molecule has 6 bridgehead atoms. The average Bonchev–Trinajstić information content (AvgIpc) is 3.70. The maximum Gasteiger partial charge on any atom is 0.0735 e. The minimum atomic E-state index is -0.473. The van der Waals surface area contributed by atoms with Crippen molar-refractivity contribution < 1.29 is 0 Å². The van der Waals surface area contributed by atoms with Crippen molar-refractivity contribution in [2.24, 2.45) is 0 Å². The molecule has 7 aromatic rings. The molecule has 3 aliphatic carbocycles. The van der Waals surface area contributed by atoms with E-state index >= 15 is 0 Å². The van der Waals surface area contributed by atoms with Crippen molar-refractivity contribution in [1.82, 2.24) is 0 Å². The number of fused-ring (bicyclic) bond motifs is 12. The molecule has 0 fully saturated rings. The minimum Gasteiger partial charge on any atom is -0.135 e. The smallest absolute Gasteiger partial charge is 0.0735 e. The Morgan fingerprint density at radius 3 is 2.09 bits per heavy atom. The molecule has 0 amide bonds. The first-order valence-corrected chi connectivity index (χ1v) is 16.8. The fourth-order valence-corrected chi connectivity index (χ4v) is 10.2. The summed E-state index contributed by atoms with van der Waals surface area (Å²) in [7, 11) is 0. The fourth-order valence-electron chi connectivity index (χ4n) is 7.99. The summed E-state index contributed by atoms with van der Waals surface area (Å²) >= 11 is 13.2. The van der Waals surface area contributed by atoms with Crippen molar-refractivity contribution >= 4 is 38.9 Å². The Morgan fingerprint density at radius 1 is 0.477 bits per heavy atom. The van der Waals surface area contributed by atoms with E-state index in [4.69, 9.17) is 11.6 Å². The van der Waals surface area contributed by atoms with Gasteiger partial charge in [-0.3, -0.25) is 0 Å².